The smallest absolute Gasteiger partial charge is 0.165 e. The van der Waals surface area contributed by atoms with Gasteiger partial charge in [0.2, 0.25) is 0 Å². The summed E-state index contributed by atoms with van der Waals surface area (Å²) in [4.78, 5) is 8.40. The van der Waals surface area contributed by atoms with Crippen molar-refractivity contribution in [2.24, 2.45) is 5.84 Å². The third-order valence-electron chi connectivity index (χ3n) is 2.62. The van der Waals surface area contributed by atoms with Gasteiger partial charge in [0.15, 0.2) is 17.4 Å². The topological polar surface area (TPSA) is 94.3 Å². The van der Waals surface area contributed by atoms with Crippen LogP contribution in [0.25, 0.3) is 0 Å². The van der Waals surface area contributed by atoms with Gasteiger partial charge in [0.05, 0.1) is 7.11 Å². The molecule has 0 radical (unpaired) electrons. The van der Waals surface area contributed by atoms with E-state index in [1.165, 1.54) is 19.2 Å². The molecule has 0 amide bonds. The Bertz CT molecular complexity index is 624. The molecule has 4 N–H and O–H groups in total. The largest absolute Gasteiger partial charge is 0.494 e. The van der Waals surface area contributed by atoms with Crippen molar-refractivity contribution in [3.63, 3.8) is 0 Å². The molecule has 0 bridgehead atoms. The number of hydrogen-bond donors (Lipinski definition) is 3. The first kappa shape index (κ1) is 14.9. The van der Waals surface area contributed by atoms with Crippen LogP contribution in [0, 0.1) is 5.82 Å². The summed E-state index contributed by atoms with van der Waals surface area (Å²) in [6.45, 7) is 0.247. The molecule has 2 rings (SSSR count). The van der Waals surface area contributed by atoms with Gasteiger partial charge in [-0.15, -0.1) is 0 Å². The molecule has 2 aromatic rings. The third kappa shape index (κ3) is 3.77. The average molecular weight is 293 g/mol. The lowest BCUT2D eigenvalue weighted by atomic mass is 10.3. The Kier molecular flexibility index (Phi) is 4.85. The number of halogens is 1. The number of benzene rings is 1. The number of nitrogens with two attached hydrogens (primary N) is 1. The Morgan fingerprint density at radius 3 is 2.62 bits per heavy atom. The van der Waals surface area contributed by atoms with E-state index >= 15 is 0 Å². The maximum Gasteiger partial charge on any atom is 0.165 e. The molecule has 112 valence electrons. The summed E-state index contributed by atoms with van der Waals surface area (Å²) in [5.41, 5.74) is 3.08. The third-order valence-corrected chi connectivity index (χ3v) is 2.62. The lowest BCUT2D eigenvalue weighted by molar-refractivity contribution is 0.178. The van der Waals surface area contributed by atoms with E-state index in [0.717, 1.165) is 0 Å². The number of nitrogen functional groups attached to an aromatic ring is 1. The van der Waals surface area contributed by atoms with Crippen LogP contribution < -0.4 is 21.3 Å². The number of ether oxygens (including phenoxy) is 2. The van der Waals surface area contributed by atoms with Gasteiger partial charge in [-0.2, -0.15) is 0 Å². The fraction of sp³-hybridized carbons (Fsp3) is 0.231. The Morgan fingerprint density at radius 2 is 1.95 bits per heavy atom. The lowest BCUT2D eigenvalue weighted by Crippen LogP contribution is -2.11. The van der Waals surface area contributed by atoms with E-state index in [0.29, 0.717) is 23.1 Å². The van der Waals surface area contributed by atoms with E-state index in [4.69, 9.17) is 15.3 Å². The Hall–Kier alpha value is -2.45. The summed E-state index contributed by atoms with van der Waals surface area (Å²) in [6.07, 6.45) is 0. The number of nitrogens with one attached hydrogen (secondary N) is 2. The van der Waals surface area contributed by atoms with Gasteiger partial charge in [0.1, 0.15) is 18.2 Å². The Morgan fingerprint density at radius 1 is 1.19 bits per heavy atom. The zero-order chi connectivity index (χ0) is 15.2. The molecule has 8 heteroatoms. The number of rotatable bonds is 6. The van der Waals surface area contributed by atoms with Gasteiger partial charge >= 0.3 is 0 Å². The fourth-order valence-electron chi connectivity index (χ4n) is 1.71. The van der Waals surface area contributed by atoms with Crippen LogP contribution in [0.4, 0.5) is 21.7 Å². The van der Waals surface area contributed by atoms with Crippen molar-refractivity contribution in [1.82, 2.24) is 9.97 Å². The Balaban J connectivity index is 2.27. The van der Waals surface area contributed by atoms with E-state index in [1.807, 2.05) is 0 Å². The number of hydrogen-bond acceptors (Lipinski definition) is 7. The van der Waals surface area contributed by atoms with Gasteiger partial charge in [-0.1, -0.05) is 0 Å². The molecule has 0 spiro atoms. The maximum absolute atomic E-state index is 13.4. The summed E-state index contributed by atoms with van der Waals surface area (Å²) in [7, 11) is 2.95. The van der Waals surface area contributed by atoms with E-state index < -0.39 is 5.82 Å². The molecular weight excluding hydrogens is 277 g/mol. The summed E-state index contributed by atoms with van der Waals surface area (Å²) in [6, 6.07) is 6.03. The molecule has 0 aliphatic heterocycles. The minimum absolute atomic E-state index is 0.142. The zero-order valence-corrected chi connectivity index (χ0v) is 11.7. The first-order valence-electron chi connectivity index (χ1n) is 6.10. The second-order valence-corrected chi connectivity index (χ2v) is 4.11. The first-order valence-corrected chi connectivity index (χ1v) is 6.10. The highest BCUT2D eigenvalue weighted by Crippen LogP contribution is 2.24. The molecule has 0 unspecified atom stereocenters. The number of methoxy groups -OCH3 is 2. The van der Waals surface area contributed by atoms with E-state index in [2.05, 4.69) is 20.7 Å². The van der Waals surface area contributed by atoms with Gasteiger partial charge in [-0.25, -0.2) is 20.2 Å². The molecule has 21 heavy (non-hydrogen) atoms. The van der Waals surface area contributed by atoms with Crippen molar-refractivity contribution < 1.29 is 13.9 Å². The average Bonchev–Trinajstić information content (AvgIpc) is 2.49. The van der Waals surface area contributed by atoms with Crippen molar-refractivity contribution in [3.05, 3.63) is 35.9 Å². The predicted molar refractivity (Wildman–Crippen MR) is 76.8 cm³/mol. The summed E-state index contributed by atoms with van der Waals surface area (Å²) < 4.78 is 23.3. The highest BCUT2D eigenvalue weighted by atomic mass is 19.1. The number of nitrogens with zero attached hydrogens (tertiary/aromatic N) is 2. The van der Waals surface area contributed by atoms with Crippen LogP contribution in [0.1, 0.15) is 5.82 Å². The van der Waals surface area contributed by atoms with Gasteiger partial charge in [-0.05, 0) is 12.1 Å². The van der Waals surface area contributed by atoms with Crippen LogP contribution in [0.3, 0.4) is 0 Å². The molecule has 1 aromatic carbocycles. The van der Waals surface area contributed by atoms with Crippen molar-refractivity contribution in [1.29, 1.82) is 0 Å². The highest BCUT2D eigenvalue weighted by molar-refractivity contribution is 5.60. The van der Waals surface area contributed by atoms with Gasteiger partial charge in [0, 0.05) is 24.9 Å². The first-order chi connectivity index (χ1) is 10.2. The van der Waals surface area contributed by atoms with Gasteiger partial charge < -0.3 is 20.2 Å². The molecule has 0 atom stereocenters. The SMILES string of the molecule is COCc1nc(NN)cc(Nc2ccc(F)c(OC)c2)n1. The number of anilines is 3. The van der Waals surface area contributed by atoms with Crippen LogP contribution in [-0.2, 0) is 11.3 Å². The predicted octanol–water partition coefficient (Wildman–Crippen LogP) is 1.80. The standard InChI is InChI=1S/C13H16FN5O2/c1-20-7-13-17-11(6-12(18-13)19-15)16-8-3-4-9(14)10(5-8)21-2/h3-6H,7,15H2,1-2H3,(H2,16,17,18,19). The zero-order valence-electron chi connectivity index (χ0n) is 11.7. The van der Waals surface area contributed by atoms with E-state index in [-0.39, 0.29) is 12.4 Å². The Labute approximate surface area is 121 Å². The van der Waals surface area contributed by atoms with Crippen LogP contribution in [0.15, 0.2) is 24.3 Å². The molecule has 0 saturated heterocycles. The maximum atomic E-state index is 13.4. The van der Waals surface area contributed by atoms with E-state index in [1.54, 1.807) is 19.2 Å². The molecule has 7 nitrogen and oxygen atoms in total. The van der Waals surface area contributed by atoms with Crippen LogP contribution in [-0.4, -0.2) is 24.2 Å². The van der Waals surface area contributed by atoms with Crippen molar-refractivity contribution >= 4 is 17.3 Å². The van der Waals surface area contributed by atoms with Crippen LogP contribution in [0.2, 0.25) is 0 Å². The molecule has 0 saturated carbocycles. The fourth-order valence-corrected chi connectivity index (χ4v) is 1.71. The van der Waals surface area contributed by atoms with Gasteiger partial charge in [-0.3, -0.25) is 0 Å². The summed E-state index contributed by atoms with van der Waals surface area (Å²) in [5.74, 6) is 6.47. The van der Waals surface area contributed by atoms with Crippen molar-refractivity contribution in [3.8, 4) is 5.75 Å². The lowest BCUT2D eigenvalue weighted by Gasteiger charge is -2.10. The number of aromatic nitrogens is 2. The monoisotopic (exact) mass is 293 g/mol. The van der Waals surface area contributed by atoms with Gasteiger partial charge in [0.25, 0.3) is 0 Å². The minimum atomic E-state index is -0.435. The van der Waals surface area contributed by atoms with E-state index in [9.17, 15) is 4.39 Å². The van der Waals surface area contributed by atoms with Crippen molar-refractivity contribution in [2.75, 3.05) is 25.0 Å². The molecule has 0 fully saturated rings. The van der Waals surface area contributed by atoms with Crippen LogP contribution in [0.5, 0.6) is 5.75 Å². The second-order valence-electron chi connectivity index (χ2n) is 4.11. The molecular formula is C13H16FN5O2. The second kappa shape index (κ2) is 6.82. The summed E-state index contributed by atoms with van der Waals surface area (Å²) in [5, 5.41) is 3.03. The normalized spacial score (nSPS) is 10.3. The van der Waals surface area contributed by atoms with Crippen LogP contribution >= 0.6 is 0 Å². The minimum Gasteiger partial charge on any atom is -0.494 e. The molecule has 1 heterocycles. The molecule has 0 aliphatic rings. The molecule has 0 aliphatic carbocycles. The highest BCUT2D eigenvalue weighted by Gasteiger charge is 2.07. The van der Waals surface area contributed by atoms with Crippen molar-refractivity contribution in [2.45, 2.75) is 6.61 Å². The molecule has 1 aromatic heterocycles. The quantitative estimate of drug-likeness (QED) is 0.552. The summed E-state index contributed by atoms with van der Waals surface area (Å²) >= 11 is 0. The number of hydrazine groups is 1.